The van der Waals surface area contributed by atoms with Crippen molar-refractivity contribution in [2.45, 2.75) is 72.1 Å². The summed E-state index contributed by atoms with van der Waals surface area (Å²) in [6.45, 7) is 8.01. The molecule has 33 heavy (non-hydrogen) atoms. The lowest BCUT2D eigenvalue weighted by Crippen LogP contribution is -2.34. The number of nitrogens with one attached hydrogen (secondary N) is 1. The number of dihydropyridines is 1. The number of esters is 2. The molecule has 0 amide bonds. The molecule has 10 nitrogen and oxygen atoms in total. The third-order valence-corrected chi connectivity index (χ3v) is 5.61. The van der Waals surface area contributed by atoms with Crippen LogP contribution in [0.2, 0.25) is 0 Å². The van der Waals surface area contributed by atoms with Crippen LogP contribution in [0.15, 0.2) is 28.7 Å². The van der Waals surface area contributed by atoms with Crippen molar-refractivity contribution in [2.24, 2.45) is 7.05 Å². The smallest absolute Gasteiger partial charge is 0.342 e. The van der Waals surface area contributed by atoms with Gasteiger partial charge >= 0.3 is 17.8 Å². The lowest BCUT2D eigenvalue weighted by Gasteiger charge is -2.28. The molecule has 1 aliphatic rings. The number of nitro groups is 1. The fourth-order valence-corrected chi connectivity index (χ4v) is 3.83. The number of hydrogen-bond acceptors (Lipinski definition) is 8. The third kappa shape index (κ3) is 6.21. The number of hydrogen-bond donors (Lipinski definition) is 1. The van der Waals surface area contributed by atoms with Crippen LogP contribution in [0.5, 0.6) is 0 Å². The Labute approximate surface area is 194 Å². The average Bonchev–Trinajstić information content (AvgIpc) is 3.14. The van der Waals surface area contributed by atoms with Crippen molar-refractivity contribution in [3.63, 3.8) is 0 Å². The number of ether oxygens (including phenoxy) is 2. The van der Waals surface area contributed by atoms with Gasteiger partial charge in [-0.1, -0.05) is 39.5 Å². The second-order valence-electron chi connectivity index (χ2n) is 8.11. The topological polar surface area (TPSA) is 126 Å². The maximum atomic E-state index is 13.1. The molecule has 0 atom stereocenters. The van der Waals surface area contributed by atoms with Crippen LogP contribution in [0.25, 0.3) is 0 Å². The fraction of sp³-hybridized carbons (Fsp3) is 0.609. The highest BCUT2D eigenvalue weighted by molar-refractivity contribution is 5.99. The minimum absolute atomic E-state index is 0.196. The van der Waals surface area contributed by atoms with Gasteiger partial charge in [0.15, 0.2) is 0 Å². The molecule has 0 bridgehead atoms. The zero-order valence-electron chi connectivity index (χ0n) is 20.1. The highest BCUT2D eigenvalue weighted by Gasteiger charge is 2.42. The average molecular weight is 463 g/mol. The van der Waals surface area contributed by atoms with Gasteiger partial charge < -0.3 is 24.9 Å². The van der Waals surface area contributed by atoms with E-state index < -0.39 is 22.8 Å². The maximum absolute atomic E-state index is 13.1. The highest BCUT2D eigenvalue weighted by atomic mass is 16.6. The largest absolute Gasteiger partial charge is 0.462 e. The number of nitrogens with zero attached hydrogens (tertiary/aromatic N) is 3. The number of carbonyl (C=O) groups is 2. The Morgan fingerprint density at radius 1 is 1.03 bits per heavy atom. The summed E-state index contributed by atoms with van der Waals surface area (Å²) in [5.41, 5.74) is 1.40. The zero-order valence-corrected chi connectivity index (χ0v) is 20.1. The van der Waals surface area contributed by atoms with E-state index in [1.165, 1.54) is 11.6 Å². The second-order valence-corrected chi connectivity index (χ2v) is 8.11. The number of unbranched alkanes of at least 4 members (excludes halogenated alkanes) is 4. The Bertz CT molecular complexity index is 901. The summed E-state index contributed by atoms with van der Waals surface area (Å²) in [5.74, 6) is -2.18. The van der Waals surface area contributed by atoms with Gasteiger partial charge in [-0.05, 0) is 31.6 Å². The second kappa shape index (κ2) is 12.2. The molecule has 1 aliphatic heterocycles. The Morgan fingerprint density at radius 2 is 1.52 bits per heavy atom. The molecule has 182 valence electrons. The molecule has 1 N–H and O–H groups in total. The normalized spacial score (nSPS) is 14.3. The lowest BCUT2D eigenvalue weighted by atomic mass is 9.84. The van der Waals surface area contributed by atoms with E-state index in [1.54, 1.807) is 13.8 Å². The van der Waals surface area contributed by atoms with Gasteiger partial charge in [0.25, 0.3) is 0 Å². The van der Waals surface area contributed by atoms with Crippen LogP contribution in [0.1, 0.15) is 78.0 Å². The predicted molar refractivity (Wildman–Crippen MR) is 122 cm³/mol. The summed E-state index contributed by atoms with van der Waals surface area (Å²) < 4.78 is 12.3. The summed E-state index contributed by atoms with van der Waals surface area (Å²) in [7, 11) is 1.49. The molecule has 0 saturated heterocycles. The summed E-state index contributed by atoms with van der Waals surface area (Å²) in [6.07, 6.45) is 6.38. The van der Waals surface area contributed by atoms with Gasteiger partial charge in [0.05, 0.1) is 31.4 Å². The van der Waals surface area contributed by atoms with Crippen LogP contribution in [0.3, 0.4) is 0 Å². The van der Waals surface area contributed by atoms with Gasteiger partial charge in [0.2, 0.25) is 5.82 Å². The van der Waals surface area contributed by atoms with Crippen LogP contribution in [0.4, 0.5) is 5.82 Å². The number of aromatic nitrogens is 2. The van der Waals surface area contributed by atoms with Crippen molar-refractivity contribution in [1.82, 2.24) is 14.9 Å². The summed E-state index contributed by atoms with van der Waals surface area (Å²) in [6, 6.07) is 0. The zero-order chi connectivity index (χ0) is 24.5. The number of imidazole rings is 1. The van der Waals surface area contributed by atoms with Gasteiger partial charge in [0.1, 0.15) is 12.1 Å². The highest BCUT2D eigenvalue weighted by Crippen LogP contribution is 2.39. The van der Waals surface area contributed by atoms with Crippen molar-refractivity contribution in [3.8, 4) is 0 Å². The van der Waals surface area contributed by atoms with E-state index in [-0.39, 0.29) is 36.0 Å². The molecule has 0 radical (unpaired) electrons. The van der Waals surface area contributed by atoms with Crippen molar-refractivity contribution in [1.29, 1.82) is 0 Å². The first-order valence-corrected chi connectivity index (χ1v) is 11.4. The van der Waals surface area contributed by atoms with E-state index >= 15 is 0 Å². The molecule has 2 rings (SSSR count). The van der Waals surface area contributed by atoms with Crippen molar-refractivity contribution in [3.05, 3.63) is 44.7 Å². The molecular weight excluding hydrogens is 428 g/mol. The summed E-state index contributed by atoms with van der Waals surface area (Å²) in [4.78, 5) is 41.3. The van der Waals surface area contributed by atoms with Gasteiger partial charge in [-0.3, -0.25) is 0 Å². The van der Waals surface area contributed by atoms with E-state index in [2.05, 4.69) is 24.1 Å². The first kappa shape index (κ1) is 26.1. The Kier molecular flexibility index (Phi) is 9.62. The summed E-state index contributed by atoms with van der Waals surface area (Å²) in [5, 5.41) is 14.5. The molecule has 0 saturated carbocycles. The van der Waals surface area contributed by atoms with E-state index in [1.807, 2.05) is 0 Å². The maximum Gasteiger partial charge on any atom is 0.342 e. The first-order valence-electron chi connectivity index (χ1n) is 11.4. The Hall–Kier alpha value is -3.17. The van der Waals surface area contributed by atoms with Crippen molar-refractivity contribution < 1.29 is 24.0 Å². The van der Waals surface area contributed by atoms with Gasteiger partial charge in [-0.2, -0.15) is 0 Å². The van der Waals surface area contributed by atoms with Gasteiger partial charge in [-0.15, -0.1) is 0 Å². The predicted octanol–water partition coefficient (Wildman–Crippen LogP) is 4.03. The van der Waals surface area contributed by atoms with Crippen LogP contribution < -0.4 is 5.32 Å². The number of rotatable bonds is 12. The molecular formula is C23H34N4O6. The minimum Gasteiger partial charge on any atom is -0.462 e. The fourth-order valence-electron chi connectivity index (χ4n) is 3.83. The molecule has 0 unspecified atom stereocenters. The number of carbonyl (C=O) groups excluding carboxylic acids is 2. The van der Waals surface area contributed by atoms with E-state index in [4.69, 9.17) is 9.47 Å². The molecule has 0 fully saturated rings. The molecule has 0 spiro atoms. The van der Waals surface area contributed by atoms with Crippen molar-refractivity contribution in [2.75, 3.05) is 13.2 Å². The SMILES string of the molecule is CCCCCOC(=O)C1=C(C)NC(C)=C(C(=O)OCCCCC)C1c1ncc([N+](=O)[O-])n1C. The third-order valence-electron chi connectivity index (χ3n) is 5.61. The summed E-state index contributed by atoms with van der Waals surface area (Å²) >= 11 is 0. The molecule has 1 aromatic heterocycles. The molecule has 2 heterocycles. The monoisotopic (exact) mass is 462 g/mol. The van der Waals surface area contributed by atoms with Crippen LogP contribution >= 0.6 is 0 Å². The van der Waals surface area contributed by atoms with Crippen LogP contribution in [0, 0.1) is 10.1 Å². The molecule has 0 aromatic carbocycles. The molecule has 0 aliphatic carbocycles. The quantitative estimate of drug-likeness (QED) is 0.214. The van der Waals surface area contributed by atoms with Crippen molar-refractivity contribution >= 4 is 17.8 Å². The van der Waals surface area contributed by atoms with E-state index in [0.29, 0.717) is 11.4 Å². The standard InChI is InChI=1S/C23H34N4O6/c1-6-8-10-12-32-22(28)18-15(3)25-16(4)19(23(29)33-13-11-9-7-2)20(18)21-24-14-17(26(21)5)27(30)31/h14,20,25H,6-13H2,1-5H3. The van der Waals surface area contributed by atoms with Crippen LogP contribution in [-0.2, 0) is 26.1 Å². The van der Waals surface area contributed by atoms with E-state index in [0.717, 1.165) is 44.7 Å². The van der Waals surface area contributed by atoms with Crippen LogP contribution in [-0.4, -0.2) is 39.6 Å². The molecule has 10 heteroatoms. The Morgan fingerprint density at radius 3 is 1.91 bits per heavy atom. The lowest BCUT2D eigenvalue weighted by molar-refractivity contribution is -0.391. The number of allylic oxidation sites excluding steroid dienone is 2. The minimum atomic E-state index is -0.956. The first-order chi connectivity index (χ1) is 15.7. The molecule has 1 aromatic rings. The van der Waals surface area contributed by atoms with E-state index in [9.17, 15) is 19.7 Å². The Balaban J connectivity index is 2.47. The van der Waals surface area contributed by atoms with Gasteiger partial charge in [-0.25, -0.2) is 19.1 Å². The van der Waals surface area contributed by atoms with Gasteiger partial charge in [0, 0.05) is 11.4 Å².